The van der Waals surface area contributed by atoms with Crippen molar-refractivity contribution in [2.45, 2.75) is 13.0 Å². The Morgan fingerprint density at radius 1 is 1.17 bits per heavy atom. The first kappa shape index (κ1) is 14.7. The first-order valence-electron chi connectivity index (χ1n) is 8.44. The molecule has 0 atom stereocenters. The monoisotopic (exact) mass is 313 g/mol. The fourth-order valence-corrected chi connectivity index (χ4v) is 3.52. The van der Waals surface area contributed by atoms with Crippen LogP contribution in [0.3, 0.4) is 0 Å². The smallest absolute Gasteiger partial charge is 0.259 e. The SMILES string of the molecule is CCN1CCN(C2CN(c3cc(=O)n4ccccc4n3)C2)CC1. The molecule has 4 rings (SSSR count). The number of piperazine rings is 1. The lowest BCUT2D eigenvalue weighted by Gasteiger charge is -2.48. The molecule has 122 valence electrons. The molecule has 0 unspecified atom stereocenters. The molecule has 4 heterocycles. The minimum Gasteiger partial charge on any atom is -0.353 e. The summed E-state index contributed by atoms with van der Waals surface area (Å²) >= 11 is 0. The van der Waals surface area contributed by atoms with Crippen molar-refractivity contribution in [3.8, 4) is 0 Å². The van der Waals surface area contributed by atoms with Crippen molar-refractivity contribution in [3.63, 3.8) is 0 Å². The molecule has 2 saturated heterocycles. The van der Waals surface area contributed by atoms with Gasteiger partial charge in [-0.3, -0.25) is 14.1 Å². The van der Waals surface area contributed by atoms with Crippen LogP contribution >= 0.6 is 0 Å². The summed E-state index contributed by atoms with van der Waals surface area (Å²) in [5.41, 5.74) is 0.709. The topological polar surface area (TPSA) is 44.1 Å². The van der Waals surface area contributed by atoms with Gasteiger partial charge in [0.15, 0.2) is 0 Å². The van der Waals surface area contributed by atoms with Gasteiger partial charge in [0.2, 0.25) is 0 Å². The summed E-state index contributed by atoms with van der Waals surface area (Å²) in [5.74, 6) is 0.810. The van der Waals surface area contributed by atoms with Crippen LogP contribution in [0.25, 0.3) is 5.65 Å². The van der Waals surface area contributed by atoms with E-state index in [1.54, 1.807) is 16.7 Å². The minimum atomic E-state index is -0.00869. The maximum Gasteiger partial charge on any atom is 0.259 e. The highest BCUT2D eigenvalue weighted by Gasteiger charge is 2.34. The molecular formula is C17H23N5O. The van der Waals surface area contributed by atoms with E-state index in [2.05, 4.69) is 26.6 Å². The number of fused-ring (bicyclic) bond motifs is 1. The summed E-state index contributed by atoms with van der Waals surface area (Å²) in [6, 6.07) is 7.90. The Labute approximate surface area is 135 Å². The van der Waals surface area contributed by atoms with Gasteiger partial charge in [-0.1, -0.05) is 13.0 Å². The van der Waals surface area contributed by atoms with Crippen molar-refractivity contribution in [2.24, 2.45) is 0 Å². The Kier molecular flexibility index (Phi) is 3.79. The Morgan fingerprint density at radius 2 is 1.96 bits per heavy atom. The van der Waals surface area contributed by atoms with E-state index in [0.717, 1.165) is 44.2 Å². The molecule has 0 aliphatic carbocycles. The second-order valence-corrected chi connectivity index (χ2v) is 6.41. The number of nitrogens with zero attached hydrogens (tertiary/aromatic N) is 5. The van der Waals surface area contributed by atoms with Crippen LogP contribution in [0, 0.1) is 0 Å². The van der Waals surface area contributed by atoms with Crippen molar-refractivity contribution < 1.29 is 0 Å². The van der Waals surface area contributed by atoms with Crippen molar-refractivity contribution in [2.75, 3.05) is 50.7 Å². The van der Waals surface area contributed by atoms with Crippen LogP contribution in [0.2, 0.25) is 0 Å². The summed E-state index contributed by atoms with van der Waals surface area (Å²) in [5, 5.41) is 0. The van der Waals surface area contributed by atoms with Crippen LogP contribution in [0.5, 0.6) is 0 Å². The number of rotatable bonds is 3. The minimum absolute atomic E-state index is 0.00869. The summed E-state index contributed by atoms with van der Waals surface area (Å²) in [7, 11) is 0. The van der Waals surface area contributed by atoms with E-state index in [9.17, 15) is 4.79 Å². The molecule has 0 spiro atoms. The van der Waals surface area contributed by atoms with Crippen molar-refractivity contribution >= 4 is 11.5 Å². The van der Waals surface area contributed by atoms with Crippen LogP contribution in [0.4, 0.5) is 5.82 Å². The van der Waals surface area contributed by atoms with Crippen molar-refractivity contribution in [3.05, 3.63) is 40.8 Å². The van der Waals surface area contributed by atoms with Crippen molar-refractivity contribution in [1.82, 2.24) is 19.2 Å². The summed E-state index contributed by atoms with van der Waals surface area (Å²) in [6.07, 6.45) is 1.76. The van der Waals surface area contributed by atoms with Crippen LogP contribution in [-0.4, -0.2) is 71.0 Å². The Hall–Kier alpha value is -1.92. The van der Waals surface area contributed by atoms with E-state index in [1.165, 1.54) is 13.1 Å². The number of likely N-dealkylation sites (N-methyl/N-ethyl adjacent to an activating group) is 1. The average molecular weight is 313 g/mol. The molecule has 23 heavy (non-hydrogen) atoms. The van der Waals surface area contributed by atoms with Gasteiger partial charge in [0, 0.05) is 57.6 Å². The third kappa shape index (κ3) is 2.72. The predicted molar refractivity (Wildman–Crippen MR) is 91.2 cm³/mol. The quantitative estimate of drug-likeness (QED) is 0.827. The van der Waals surface area contributed by atoms with E-state index in [1.807, 2.05) is 18.2 Å². The van der Waals surface area contributed by atoms with E-state index in [-0.39, 0.29) is 5.56 Å². The van der Waals surface area contributed by atoms with Crippen LogP contribution in [0.1, 0.15) is 6.92 Å². The molecule has 6 nitrogen and oxygen atoms in total. The summed E-state index contributed by atoms with van der Waals surface area (Å²) in [4.78, 5) is 24.1. The lowest BCUT2D eigenvalue weighted by atomic mass is 10.1. The fraction of sp³-hybridized carbons (Fsp3) is 0.529. The highest BCUT2D eigenvalue weighted by Crippen LogP contribution is 2.22. The van der Waals surface area contributed by atoms with Gasteiger partial charge in [-0.25, -0.2) is 4.98 Å². The van der Waals surface area contributed by atoms with E-state index in [0.29, 0.717) is 6.04 Å². The molecule has 2 aliphatic rings. The number of hydrogen-bond acceptors (Lipinski definition) is 5. The zero-order chi connectivity index (χ0) is 15.8. The van der Waals surface area contributed by atoms with Gasteiger partial charge in [0.25, 0.3) is 5.56 Å². The standard InChI is InChI=1S/C17H23N5O/c1-2-19-7-9-20(10-8-19)14-12-21(13-14)16-11-17(23)22-6-4-3-5-15(22)18-16/h3-6,11,14H,2,7-10,12-13H2,1H3. The Bertz CT molecular complexity index is 744. The normalized spacial score (nSPS) is 20.8. The highest BCUT2D eigenvalue weighted by molar-refractivity contribution is 5.50. The van der Waals surface area contributed by atoms with Crippen molar-refractivity contribution in [1.29, 1.82) is 0 Å². The second-order valence-electron chi connectivity index (χ2n) is 6.41. The molecule has 0 aromatic carbocycles. The van der Waals surface area contributed by atoms with Gasteiger partial charge in [-0.05, 0) is 18.7 Å². The van der Waals surface area contributed by atoms with Gasteiger partial charge in [0.05, 0.1) is 0 Å². The molecule has 2 aromatic heterocycles. The Morgan fingerprint density at radius 3 is 2.70 bits per heavy atom. The van der Waals surface area contributed by atoms with E-state index >= 15 is 0 Å². The molecular weight excluding hydrogens is 290 g/mol. The number of anilines is 1. The molecule has 0 radical (unpaired) electrons. The summed E-state index contributed by atoms with van der Waals surface area (Å²) in [6.45, 7) is 9.97. The lowest BCUT2D eigenvalue weighted by Crippen LogP contribution is -2.63. The zero-order valence-electron chi connectivity index (χ0n) is 13.6. The van der Waals surface area contributed by atoms with E-state index in [4.69, 9.17) is 0 Å². The number of aromatic nitrogens is 2. The first-order valence-corrected chi connectivity index (χ1v) is 8.44. The maximum absolute atomic E-state index is 12.2. The number of pyridine rings is 1. The third-order valence-electron chi connectivity index (χ3n) is 5.11. The van der Waals surface area contributed by atoms with Crippen LogP contribution in [-0.2, 0) is 0 Å². The fourth-order valence-electron chi connectivity index (χ4n) is 3.52. The van der Waals surface area contributed by atoms with E-state index < -0.39 is 0 Å². The van der Waals surface area contributed by atoms with Gasteiger partial charge in [-0.15, -0.1) is 0 Å². The summed E-state index contributed by atoms with van der Waals surface area (Å²) < 4.78 is 1.59. The van der Waals surface area contributed by atoms with Gasteiger partial charge in [0.1, 0.15) is 11.5 Å². The first-order chi connectivity index (χ1) is 11.2. The molecule has 6 heteroatoms. The van der Waals surface area contributed by atoms with Gasteiger partial charge >= 0.3 is 0 Å². The average Bonchev–Trinajstić information content (AvgIpc) is 2.54. The molecule has 2 aliphatic heterocycles. The molecule has 2 aromatic rings. The Balaban J connectivity index is 1.43. The largest absolute Gasteiger partial charge is 0.353 e. The number of hydrogen-bond donors (Lipinski definition) is 0. The zero-order valence-corrected chi connectivity index (χ0v) is 13.6. The lowest BCUT2D eigenvalue weighted by molar-refractivity contribution is 0.0859. The maximum atomic E-state index is 12.2. The second kappa shape index (κ2) is 5.94. The van der Waals surface area contributed by atoms with Gasteiger partial charge < -0.3 is 9.80 Å². The molecule has 0 saturated carbocycles. The predicted octanol–water partition coefficient (Wildman–Crippen LogP) is 0.521. The van der Waals surface area contributed by atoms with Gasteiger partial charge in [-0.2, -0.15) is 0 Å². The highest BCUT2D eigenvalue weighted by atomic mass is 16.1. The molecule has 0 N–H and O–H groups in total. The van der Waals surface area contributed by atoms with Crippen LogP contribution < -0.4 is 10.5 Å². The molecule has 0 bridgehead atoms. The molecule has 0 amide bonds. The van der Waals surface area contributed by atoms with Crippen LogP contribution in [0.15, 0.2) is 35.3 Å². The molecule has 2 fully saturated rings. The third-order valence-corrected chi connectivity index (χ3v) is 5.11.